The van der Waals surface area contributed by atoms with Crippen molar-refractivity contribution in [3.63, 3.8) is 0 Å². The molecule has 0 amide bonds. The number of fused-ring (bicyclic) bond motifs is 3. The first-order valence-electron chi connectivity index (χ1n) is 6.52. The highest BCUT2D eigenvalue weighted by Gasteiger charge is 2.61. The first kappa shape index (κ1) is 11.0. The van der Waals surface area contributed by atoms with E-state index in [0.717, 1.165) is 24.7 Å². The lowest BCUT2D eigenvalue weighted by atomic mass is 9.69. The molecule has 3 saturated carbocycles. The molecule has 1 spiro atoms. The van der Waals surface area contributed by atoms with Gasteiger partial charge in [0, 0.05) is 20.3 Å². The van der Waals surface area contributed by atoms with Gasteiger partial charge in [-0.2, -0.15) is 0 Å². The van der Waals surface area contributed by atoms with Crippen LogP contribution in [-0.2, 0) is 9.47 Å². The molecular weight excluding hydrogens is 202 g/mol. The average molecular weight is 225 g/mol. The zero-order valence-corrected chi connectivity index (χ0v) is 10.3. The van der Waals surface area contributed by atoms with Crippen molar-refractivity contribution in [1.29, 1.82) is 0 Å². The van der Waals surface area contributed by atoms with Gasteiger partial charge in [-0.15, -0.1) is 0 Å². The molecule has 5 atom stereocenters. The van der Waals surface area contributed by atoms with Crippen LogP contribution in [0.2, 0.25) is 0 Å². The first-order chi connectivity index (χ1) is 7.71. The Labute approximate surface area is 97.7 Å². The second-order valence-corrected chi connectivity index (χ2v) is 5.99. The minimum Gasteiger partial charge on any atom is -0.379 e. The molecular formula is C13H23NO2. The molecule has 16 heavy (non-hydrogen) atoms. The SMILES string of the molecule is CO[C@H]1CC2(C[C@@H]1OC)[C@@H]1CC[C@@H](C1)[C@@H]2N. The minimum atomic E-state index is 0.260. The van der Waals surface area contributed by atoms with Gasteiger partial charge >= 0.3 is 0 Å². The molecule has 92 valence electrons. The minimum absolute atomic E-state index is 0.260. The Bertz CT molecular complexity index is 265. The Morgan fingerprint density at radius 3 is 2.12 bits per heavy atom. The van der Waals surface area contributed by atoms with E-state index in [1.807, 2.05) is 0 Å². The van der Waals surface area contributed by atoms with Crippen LogP contribution < -0.4 is 5.73 Å². The Morgan fingerprint density at radius 1 is 1.06 bits per heavy atom. The Hall–Kier alpha value is -0.120. The molecule has 0 unspecified atom stereocenters. The first-order valence-corrected chi connectivity index (χ1v) is 6.52. The van der Waals surface area contributed by atoms with E-state index in [2.05, 4.69) is 0 Å². The predicted molar refractivity (Wildman–Crippen MR) is 62.1 cm³/mol. The molecule has 0 radical (unpaired) electrons. The van der Waals surface area contributed by atoms with Crippen molar-refractivity contribution in [2.45, 2.75) is 50.4 Å². The normalized spacial score (nSPS) is 49.3. The fourth-order valence-corrected chi connectivity index (χ4v) is 4.78. The Balaban J connectivity index is 1.85. The summed E-state index contributed by atoms with van der Waals surface area (Å²) in [6, 6.07) is 0.393. The monoisotopic (exact) mass is 225 g/mol. The number of nitrogens with two attached hydrogens (primary N) is 1. The summed E-state index contributed by atoms with van der Waals surface area (Å²) < 4.78 is 11.2. The zero-order chi connectivity index (χ0) is 11.3. The Morgan fingerprint density at radius 2 is 1.69 bits per heavy atom. The number of methoxy groups -OCH3 is 2. The molecule has 3 heteroatoms. The van der Waals surface area contributed by atoms with E-state index in [-0.39, 0.29) is 12.2 Å². The summed E-state index contributed by atoms with van der Waals surface area (Å²) in [5.41, 5.74) is 6.82. The quantitative estimate of drug-likeness (QED) is 0.775. The van der Waals surface area contributed by atoms with Gasteiger partial charge in [0.15, 0.2) is 0 Å². The second-order valence-electron chi connectivity index (χ2n) is 5.99. The molecule has 0 aromatic rings. The zero-order valence-electron chi connectivity index (χ0n) is 10.3. The highest BCUT2D eigenvalue weighted by molar-refractivity contribution is 5.13. The van der Waals surface area contributed by atoms with Gasteiger partial charge in [0.05, 0.1) is 12.2 Å². The van der Waals surface area contributed by atoms with E-state index in [1.54, 1.807) is 14.2 Å². The van der Waals surface area contributed by atoms with Crippen LogP contribution in [0, 0.1) is 17.3 Å². The van der Waals surface area contributed by atoms with Crippen molar-refractivity contribution in [2.24, 2.45) is 23.0 Å². The average Bonchev–Trinajstić information content (AvgIpc) is 2.97. The molecule has 3 aliphatic rings. The molecule has 3 fully saturated rings. The fourth-order valence-electron chi connectivity index (χ4n) is 4.78. The van der Waals surface area contributed by atoms with Crippen molar-refractivity contribution in [2.75, 3.05) is 14.2 Å². The predicted octanol–water partition coefficient (Wildman–Crippen LogP) is 1.55. The van der Waals surface area contributed by atoms with Gasteiger partial charge in [0.2, 0.25) is 0 Å². The van der Waals surface area contributed by atoms with Crippen molar-refractivity contribution >= 4 is 0 Å². The molecule has 2 N–H and O–H groups in total. The summed E-state index contributed by atoms with van der Waals surface area (Å²) in [5, 5.41) is 0. The van der Waals surface area contributed by atoms with Crippen LogP contribution in [0.15, 0.2) is 0 Å². The van der Waals surface area contributed by atoms with E-state index >= 15 is 0 Å². The van der Waals surface area contributed by atoms with E-state index in [9.17, 15) is 0 Å². The molecule has 3 nitrogen and oxygen atoms in total. The van der Waals surface area contributed by atoms with Crippen molar-refractivity contribution < 1.29 is 9.47 Å². The van der Waals surface area contributed by atoms with Crippen LogP contribution in [0.1, 0.15) is 32.1 Å². The molecule has 3 aliphatic carbocycles. The summed E-state index contributed by atoms with van der Waals surface area (Å²) in [5.74, 6) is 1.61. The van der Waals surface area contributed by atoms with Gasteiger partial charge in [-0.1, -0.05) is 0 Å². The third-order valence-corrected chi connectivity index (χ3v) is 5.64. The van der Waals surface area contributed by atoms with Gasteiger partial charge in [-0.05, 0) is 49.4 Å². The summed E-state index contributed by atoms with van der Waals surface area (Å²) >= 11 is 0. The summed E-state index contributed by atoms with van der Waals surface area (Å²) in [6.07, 6.45) is 6.84. The molecule has 2 bridgehead atoms. The number of ether oxygens (including phenoxy) is 2. The fraction of sp³-hybridized carbons (Fsp3) is 1.00. The molecule has 3 rings (SSSR count). The number of hydrogen-bond acceptors (Lipinski definition) is 3. The van der Waals surface area contributed by atoms with Gasteiger partial charge in [-0.25, -0.2) is 0 Å². The molecule has 0 aromatic heterocycles. The van der Waals surface area contributed by atoms with Crippen LogP contribution >= 0.6 is 0 Å². The lowest BCUT2D eigenvalue weighted by molar-refractivity contribution is -0.0157. The van der Waals surface area contributed by atoms with Crippen LogP contribution in [0.5, 0.6) is 0 Å². The highest BCUT2D eigenvalue weighted by atomic mass is 16.5. The standard InChI is InChI=1S/C13H23NO2/c1-15-10-6-13(7-11(10)16-2)9-4-3-8(5-9)12(13)14/h8-12H,3-7,14H2,1-2H3/t8-,9+,10-,11-,12-/m0/s1. The number of hydrogen-bond donors (Lipinski definition) is 1. The lowest BCUT2D eigenvalue weighted by Crippen LogP contribution is -2.45. The van der Waals surface area contributed by atoms with Crippen LogP contribution in [-0.4, -0.2) is 32.5 Å². The van der Waals surface area contributed by atoms with Crippen molar-refractivity contribution in [1.82, 2.24) is 0 Å². The molecule has 0 aromatic carbocycles. The van der Waals surface area contributed by atoms with E-state index in [1.165, 1.54) is 19.3 Å². The number of rotatable bonds is 2. The largest absolute Gasteiger partial charge is 0.379 e. The third-order valence-electron chi connectivity index (χ3n) is 5.64. The topological polar surface area (TPSA) is 44.5 Å². The summed E-state index contributed by atoms with van der Waals surface area (Å²) in [7, 11) is 3.60. The van der Waals surface area contributed by atoms with Crippen LogP contribution in [0.3, 0.4) is 0 Å². The van der Waals surface area contributed by atoms with E-state index in [0.29, 0.717) is 11.5 Å². The van der Waals surface area contributed by atoms with Gasteiger partial charge in [0.1, 0.15) is 0 Å². The van der Waals surface area contributed by atoms with Gasteiger partial charge < -0.3 is 15.2 Å². The van der Waals surface area contributed by atoms with E-state index < -0.39 is 0 Å². The van der Waals surface area contributed by atoms with Crippen LogP contribution in [0.4, 0.5) is 0 Å². The van der Waals surface area contributed by atoms with Gasteiger partial charge in [0.25, 0.3) is 0 Å². The summed E-state index contributed by atoms with van der Waals surface area (Å²) in [6.45, 7) is 0. The Kier molecular flexibility index (Phi) is 2.54. The van der Waals surface area contributed by atoms with Crippen molar-refractivity contribution in [3.05, 3.63) is 0 Å². The molecule has 0 aliphatic heterocycles. The molecule has 0 saturated heterocycles. The highest BCUT2D eigenvalue weighted by Crippen LogP contribution is 2.62. The maximum absolute atomic E-state index is 6.48. The third kappa shape index (κ3) is 1.25. The smallest absolute Gasteiger partial charge is 0.0838 e. The summed E-state index contributed by atoms with van der Waals surface area (Å²) in [4.78, 5) is 0. The maximum atomic E-state index is 6.48. The van der Waals surface area contributed by atoms with E-state index in [4.69, 9.17) is 15.2 Å². The lowest BCUT2D eigenvalue weighted by Gasteiger charge is -2.39. The maximum Gasteiger partial charge on any atom is 0.0838 e. The molecule has 0 heterocycles. The second kappa shape index (κ2) is 3.69. The van der Waals surface area contributed by atoms with Crippen molar-refractivity contribution in [3.8, 4) is 0 Å². The van der Waals surface area contributed by atoms with Crippen LogP contribution in [0.25, 0.3) is 0 Å². The van der Waals surface area contributed by atoms with Gasteiger partial charge in [-0.3, -0.25) is 0 Å².